The maximum atomic E-state index is 11.2. The SMILES string of the molecule is CSc1ccc(N(c2ccc(C)cc2)c2ccc(-c3ccnc(-c4cc(OC=O)cc(-c5cc(OC=O)ccn5)n4)c3)s2)cc1. The van der Waals surface area contributed by atoms with Crippen LogP contribution in [0.2, 0.25) is 0 Å². The summed E-state index contributed by atoms with van der Waals surface area (Å²) in [6, 6.07) is 31.6. The molecule has 0 amide bonds. The predicted octanol–water partition coefficient (Wildman–Crippen LogP) is 8.50. The summed E-state index contributed by atoms with van der Waals surface area (Å²) in [6.07, 6.45) is 5.31. The van der Waals surface area contributed by atoms with Crippen LogP contribution in [-0.4, -0.2) is 34.2 Å². The molecule has 4 heterocycles. The lowest BCUT2D eigenvalue weighted by Gasteiger charge is -2.24. The van der Waals surface area contributed by atoms with E-state index in [9.17, 15) is 9.59 Å². The number of aromatic nitrogens is 3. The number of hydrogen-bond acceptors (Lipinski definition) is 10. The first-order valence-electron chi connectivity index (χ1n) is 13.8. The van der Waals surface area contributed by atoms with Crippen LogP contribution in [0, 0.1) is 6.92 Å². The van der Waals surface area contributed by atoms with Crippen LogP contribution in [0.25, 0.3) is 33.2 Å². The molecule has 0 saturated heterocycles. The van der Waals surface area contributed by atoms with Crippen LogP contribution in [0.5, 0.6) is 11.5 Å². The lowest BCUT2D eigenvalue weighted by molar-refractivity contribution is -0.121. The van der Waals surface area contributed by atoms with Gasteiger partial charge in [-0.1, -0.05) is 17.7 Å². The Bertz CT molecular complexity index is 1960. The molecular formula is C35H26N4O4S2. The maximum absolute atomic E-state index is 11.2. The van der Waals surface area contributed by atoms with E-state index < -0.39 is 0 Å². The van der Waals surface area contributed by atoms with E-state index in [0.717, 1.165) is 26.8 Å². The zero-order chi connectivity index (χ0) is 31.2. The van der Waals surface area contributed by atoms with Gasteiger partial charge in [-0.25, -0.2) is 4.98 Å². The molecule has 6 aromatic rings. The van der Waals surface area contributed by atoms with Gasteiger partial charge in [0.25, 0.3) is 12.9 Å². The third-order valence-corrected chi connectivity index (χ3v) is 8.77. The van der Waals surface area contributed by atoms with Gasteiger partial charge in [-0.2, -0.15) is 0 Å². The molecule has 10 heteroatoms. The summed E-state index contributed by atoms with van der Waals surface area (Å²) in [5.74, 6) is 0.592. The molecule has 222 valence electrons. The van der Waals surface area contributed by atoms with Crippen molar-refractivity contribution in [2.45, 2.75) is 11.8 Å². The molecule has 0 aliphatic rings. The number of rotatable bonds is 11. The van der Waals surface area contributed by atoms with Crippen LogP contribution in [0.4, 0.5) is 16.4 Å². The molecule has 0 bridgehead atoms. The van der Waals surface area contributed by atoms with Gasteiger partial charge in [0, 0.05) is 51.7 Å². The molecule has 0 spiro atoms. The van der Waals surface area contributed by atoms with Crippen molar-refractivity contribution in [1.29, 1.82) is 0 Å². The van der Waals surface area contributed by atoms with Crippen molar-refractivity contribution in [2.24, 2.45) is 0 Å². The summed E-state index contributed by atoms with van der Waals surface area (Å²) in [5, 5.41) is 1.06. The number of thiophene rings is 1. The van der Waals surface area contributed by atoms with E-state index >= 15 is 0 Å². The molecule has 0 fully saturated rings. The van der Waals surface area contributed by atoms with E-state index in [2.05, 4.69) is 88.7 Å². The van der Waals surface area contributed by atoms with Gasteiger partial charge in [0.2, 0.25) is 0 Å². The Morgan fingerprint density at radius 2 is 1.29 bits per heavy atom. The number of nitrogens with zero attached hydrogens (tertiary/aromatic N) is 4. The number of pyridine rings is 3. The van der Waals surface area contributed by atoms with Gasteiger partial charge in [0.1, 0.15) is 16.5 Å². The summed E-state index contributed by atoms with van der Waals surface area (Å²) in [5.41, 5.74) is 6.24. The van der Waals surface area contributed by atoms with Crippen molar-refractivity contribution in [3.05, 3.63) is 115 Å². The largest absolute Gasteiger partial charge is 0.429 e. The predicted molar refractivity (Wildman–Crippen MR) is 179 cm³/mol. The van der Waals surface area contributed by atoms with Crippen LogP contribution >= 0.6 is 23.1 Å². The van der Waals surface area contributed by atoms with E-state index in [1.165, 1.54) is 16.7 Å². The third-order valence-electron chi connectivity index (χ3n) is 6.90. The Hall–Kier alpha value is -5.32. The second-order valence-corrected chi connectivity index (χ2v) is 11.8. The van der Waals surface area contributed by atoms with E-state index in [1.54, 1.807) is 53.6 Å². The summed E-state index contributed by atoms with van der Waals surface area (Å²) < 4.78 is 10.2. The fourth-order valence-electron chi connectivity index (χ4n) is 4.73. The first-order valence-corrected chi connectivity index (χ1v) is 15.9. The van der Waals surface area contributed by atoms with Gasteiger partial charge in [-0.05, 0) is 85.5 Å². The second kappa shape index (κ2) is 13.5. The van der Waals surface area contributed by atoms with E-state index in [-0.39, 0.29) is 5.75 Å². The highest BCUT2D eigenvalue weighted by atomic mass is 32.2. The van der Waals surface area contributed by atoms with E-state index in [1.807, 2.05) is 12.1 Å². The number of benzene rings is 2. The van der Waals surface area contributed by atoms with E-state index in [0.29, 0.717) is 41.5 Å². The molecule has 0 aliphatic carbocycles. The highest BCUT2D eigenvalue weighted by Gasteiger charge is 2.17. The van der Waals surface area contributed by atoms with Gasteiger partial charge in [-0.15, -0.1) is 23.1 Å². The number of carbonyl (C=O) groups excluding carboxylic acids is 2. The van der Waals surface area contributed by atoms with E-state index in [4.69, 9.17) is 14.5 Å². The topological polar surface area (TPSA) is 94.5 Å². The molecular weight excluding hydrogens is 605 g/mol. The Balaban J connectivity index is 1.37. The lowest BCUT2D eigenvalue weighted by atomic mass is 10.1. The molecule has 8 nitrogen and oxygen atoms in total. The van der Waals surface area contributed by atoms with Crippen LogP contribution in [0.1, 0.15) is 5.56 Å². The summed E-state index contributed by atoms with van der Waals surface area (Å²) >= 11 is 3.38. The van der Waals surface area contributed by atoms with Gasteiger partial charge >= 0.3 is 0 Å². The minimum atomic E-state index is 0.278. The van der Waals surface area contributed by atoms with Crippen molar-refractivity contribution >= 4 is 52.4 Å². The fraction of sp³-hybridized carbons (Fsp3) is 0.0571. The number of hydrogen-bond donors (Lipinski definition) is 0. The van der Waals surface area contributed by atoms with Crippen molar-refractivity contribution in [1.82, 2.24) is 15.0 Å². The fourth-order valence-corrected chi connectivity index (χ4v) is 6.18. The van der Waals surface area contributed by atoms with Crippen LogP contribution in [0.3, 0.4) is 0 Å². The monoisotopic (exact) mass is 630 g/mol. The Labute approximate surface area is 268 Å². The average Bonchev–Trinajstić information content (AvgIpc) is 3.56. The first kappa shape index (κ1) is 29.7. The average molecular weight is 631 g/mol. The smallest absolute Gasteiger partial charge is 0.298 e. The Kier molecular flexibility index (Phi) is 8.95. The molecule has 0 N–H and O–H groups in total. The number of aryl methyl sites for hydroxylation is 1. The number of anilines is 3. The maximum Gasteiger partial charge on any atom is 0.298 e. The van der Waals surface area contributed by atoms with Crippen LogP contribution < -0.4 is 14.4 Å². The molecule has 2 aromatic carbocycles. The van der Waals surface area contributed by atoms with Gasteiger partial charge in [0.15, 0.2) is 0 Å². The zero-order valence-electron chi connectivity index (χ0n) is 24.3. The zero-order valence-corrected chi connectivity index (χ0v) is 25.9. The molecule has 6 rings (SSSR count). The molecule has 45 heavy (non-hydrogen) atoms. The summed E-state index contributed by atoms with van der Waals surface area (Å²) in [7, 11) is 0. The van der Waals surface area contributed by atoms with Gasteiger partial charge in [-0.3, -0.25) is 19.6 Å². The first-order chi connectivity index (χ1) is 22.0. The molecule has 4 aromatic heterocycles. The molecule has 0 unspecified atom stereocenters. The number of ether oxygens (including phenoxy) is 2. The molecule has 0 atom stereocenters. The van der Waals surface area contributed by atoms with Crippen molar-refractivity contribution in [2.75, 3.05) is 11.2 Å². The van der Waals surface area contributed by atoms with Gasteiger partial charge < -0.3 is 14.4 Å². The third kappa shape index (κ3) is 6.77. The number of carbonyl (C=O) groups is 2. The lowest BCUT2D eigenvalue weighted by Crippen LogP contribution is -2.08. The summed E-state index contributed by atoms with van der Waals surface area (Å²) in [4.78, 5) is 40.2. The molecule has 0 radical (unpaired) electrons. The second-order valence-electron chi connectivity index (χ2n) is 9.81. The normalized spacial score (nSPS) is 10.7. The molecule has 0 saturated carbocycles. The minimum Gasteiger partial charge on any atom is -0.429 e. The van der Waals surface area contributed by atoms with Crippen molar-refractivity contribution < 1.29 is 19.1 Å². The minimum absolute atomic E-state index is 0.278. The number of thioether (sulfide) groups is 1. The highest BCUT2D eigenvalue weighted by molar-refractivity contribution is 7.98. The van der Waals surface area contributed by atoms with Crippen molar-refractivity contribution in [3.63, 3.8) is 0 Å². The summed E-state index contributed by atoms with van der Waals surface area (Å²) in [6.45, 7) is 2.78. The van der Waals surface area contributed by atoms with Crippen molar-refractivity contribution in [3.8, 4) is 44.7 Å². The Morgan fingerprint density at radius 1 is 0.689 bits per heavy atom. The van der Waals surface area contributed by atoms with Crippen LogP contribution in [-0.2, 0) is 9.59 Å². The van der Waals surface area contributed by atoms with Gasteiger partial charge in [0.05, 0.1) is 22.8 Å². The molecule has 0 aliphatic heterocycles. The van der Waals surface area contributed by atoms with Crippen LogP contribution in [0.15, 0.2) is 114 Å². The highest BCUT2D eigenvalue weighted by Crippen LogP contribution is 2.42. The standard InChI is InChI=1S/C35H26N4O4S2/c1-23-3-5-25(6-4-23)39(26-7-9-29(44-2)10-8-26)35-12-11-34(45-35)24-13-15-36-30(17-24)32-19-28(43-22-41)20-33(38-32)31-18-27(42-21-40)14-16-37-31/h3-22H,1-2H3. The quantitative estimate of drug-likeness (QED) is 0.103. The Morgan fingerprint density at radius 3 is 1.96 bits per heavy atom.